The van der Waals surface area contributed by atoms with Gasteiger partial charge in [0.25, 0.3) is 0 Å². The highest BCUT2D eigenvalue weighted by Crippen LogP contribution is 2.39. The van der Waals surface area contributed by atoms with Crippen molar-refractivity contribution < 1.29 is 20.1 Å². The van der Waals surface area contributed by atoms with Crippen LogP contribution in [0.25, 0.3) is 0 Å². The van der Waals surface area contributed by atoms with E-state index in [1.54, 1.807) is 25.3 Å². The zero-order valence-electron chi connectivity index (χ0n) is 17.5. The van der Waals surface area contributed by atoms with Crippen LogP contribution in [0.5, 0.6) is 5.75 Å². The van der Waals surface area contributed by atoms with Crippen molar-refractivity contribution in [3.05, 3.63) is 53.6 Å². The van der Waals surface area contributed by atoms with Crippen molar-refractivity contribution in [3.63, 3.8) is 0 Å². The van der Waals surface area contributed by atoms with E-state index in [9.17, 15) is 15.3 Å². The van der Waals surface area contributed by atoms with Gasteiger partial charge < -0.3 is 20.1 Å². The summed E-state index contributed by atoms with van der Waals surface area (Å²) >= 11 is 6.49. The number of aromatic hydroxyl groups is 1. The van der Waals surface area contributed by atoms with Gasteiger partial charge in [-0.05, 0) is 42.9 Å². The number of alkyl halides is 1. The van der Waals surface area contributed by atoms with E-state index in [0.29, 0.717) is 25.0 Å². The number of aliphatic hydroxyl groups excluding tert-OH is 2. The summed E-state index contributed by atoms with van der Waals surface area (Å²) in [6.07, 6.45) is 12.2. The summed E-state index contributed by atoms with van der Waals surface area (Å²) in [5, 5.41) is 30.7. The summed E-state index contributed by atoms with van der Waals surface area (Å²) < 4.78 is 5.09. The Hall–Kier alpha value is -1.33. The highest BCUT2D eigenvalue weighted by Gasteiger charge is 2.39. The number of unbranched alkanes of at least 4 members (excludes halogenated alkanes) is 2. The molecule has 1 unspecified atom stereocenters. The van der Waals surface area contributed by atoms with Crippen molar-refractivity contribution in [1.29, 1.82) is 0 Å². The normalized spacial score (nSPS) is 26.0. The van der Waals surface area contributed by atoms with E-state index in [2.05, 4.69) is 19.1 Å². The standard InChI is InChI=1S/C24H35ClO4/c1-3-4-5-6-7-8-20-21(24(28)15-22(20)25)11-10-19(26)14-17-9-12-23(27)18(13-17)16-29-2/h6-7,9-13,19-22,24,26-28H,3-5,8,14-16H2,1-2H3/b7-6-,11-10+/t19?,20-,21-,22-,24-/m1/s1. The van der Waals surface area contributed by atoms with Crippen molar-refractivity contribution in [1.82, 2.24) is 0 Å². The molecule has 0 heterocycles. The van der Waals surface area contributed by atoms with Gasteiger partial charge in [-0.2, -0.15) is 0 Å². The van der Waals surface area contributed by atoms with Crippen molar-refractivity contribution in [2.45, 2.75) is 69.6 Å². The molecule has 1 saturated carbocycles. The second kappa shape index (κ2) is 12.4. The SMILES string of the molecule is CCCC/C=C\C[C@@H]1[C@@H](/C=C/C(O)Cc2ccc(O)c(COC)c2)[C@H](O)C[C@H]1Cl. The summed E-state index contributed by atoms with van der Waals surface area (Å²) in [6, 6.07) is 5.27. The maximum Gasteiger partial charge on any atom is 0.121 e. The first-order valence-electron chi connectivity index (χ1n) is 10.6. The van der Waals surface area contributed by atoms with Gasteiger partial charge in [-0.15, -0.1) is 11.6 Å². The molecule has 0 radical (unpaired) electrons. The molecule has 1 aliphatic carbocycles. The average Bonchev–Trinajstić information content (AvgIpc) is 2.95. The van der Waals surface area contributed by atoms with E-state index >= 15 is 0 Å². The van der Waals surface area contributed by atoms with Crippen molar-refractivity contribution in [2.24, 2.45) is 11.8 Å². The topological polar surface area (TPSA) is 69.9 Å². The van der Waals surface area contributed by atoms with E-state index in [-0.39, 0.29) is 23.0 Å². The third-order valence-electron chi connectivity index (χ3n) is 5.61. The summed E-state index contributed by atoms with van der Waals surface area (Å²) in [4.78, 5) is 0. The number of benzene rings is 1. The maximum absolute atomic E-state index is 10.5. The number of hydrogen-bond donors (Lipinski definition) is 3. The molecule has 5 atom stereocenters. The molecule has 1 aliphatic rings. The third-order valence-corrected chi connectivity index (χ3v) is 6.12. The van der Waals surface area contributed by atoms with Crippen molar-refractivity contribution in [2.75, 3.05) is 7.11 Å². The fourth-order valence-electron chi connectivity index (χ4n) is 3.96. The lowest BCUT2D eigenvalue weighted by molar-refractivity contribution is 0.141. The first kappa shape index (κ1) is 23.9. The average molecular weight is 423 g/mol. The van der Waals surface area contributed by atoms with Crippen molar-refractivity contribution >= 4 is 11.6 Å². The molecule has 0 aliphatic heterocycles. The van der Waals surface area contributed by atoms with E-state index < -0.39 is 12.2 Å². The van der Waals surface area contributed by atoms with Crippen LogP contribution in [-0.2, 0) is 17.8 Å². The Morgan fingerprint density at radius 1 is 1.31 bits per heavy atom. The van der Waals surface area contributed by atoms with Crippen LogP contribution in [0.4, 0.5) is 0 Å². The molecule has 1 aromatic rings. The second-order valence-electron chi connectivity index (χ2n) is 7.96. The minimum Gasteiger partial charge on any atom is -0.508 e. The Kier molecular flexibility index (Phi) is 10.2. The highest BCUT2D eigenvalue weighted by molar-refractivity contribution is 6.21. The minimum absolute atomic E-state index is 0.0492. The lowest BCUT2D eigenvalue weighted by Crippen LogP contribution is -2.19. The number of phenolic OH excluding ortho intramolecular Hbond substituents is 1. The van der Waals surface area contributed by atoms with Gasteiger partial charge in [-0.1, -0.05) is 50.1 Å². The number of rotatable bonds is 11. The number of allylic oxidation sites excluding steroid dienone is 2. The largest absolute Gasteiger partial charge is 0.508 e. The van der Waals surface area contributed by atoms with Gasteiger partial charge in [0.05, 0.1) is 18.8 Å². The third kappa shape index (κ3) is 7.45. The first-order chi connectivity index (χ1) is 14.0. The molecule has 162 valence electrons. The van der Waals surface area contributed by atoms with Gasteiger partial charge in [-0.3, -0.25) is 0 Å². The van der Waals surface area contributed by atoms with Gasteiger partial charge in [0.15, 0.2) is 0 Å². The molecular weight excluding hydrogens is 388 g/mol. The maximum atomic E-state index is 10.5. The number of ether oxygens (including phenoxy) is 1. The molecule has 0 bridgehead atoms. The molecule has 29 heavy (non-hydrogen) atoms. The Morgan fingerprint density at radius 2 is 2.10 bits per heavy atom. The summed E-state index contributed by atoms with van der Waals surface area (Å²) in [6.45, 7) is 2.50. The predicted octanol–water partition coefficient (Wildman–Crippen LogP) is 4.74. The molecule has 4 nitrogen and oxygen atoms in total. The first-order valence-corrected chi connectivity index (χ1v) is 11.0. The van der Waals surface area contributed by atoms with Crippen molar-refractivity contribution in [3.8, 4) is 5.75 Å². The van der Waals surface area contributed by atoms with Crippen LogP contribution in [0.1, 0.15) is 50.2 Å². The molecule has 5 heteroatoms. The predicted molar refractivity (Wildman–Crippen MR) is 118 cm³/mol. The van der Waals surface area contributed by atoms with Crippen LogP contribution >= 0.6 is 11.6 Å². The van der Waals surface area contributed by atoms with E-state index in [1.165, 1.54) is 12.8 Å². The Labute approximate surface area is 179 Å². The molecule has 0 aromatic heterocycles. The van der Waals surface area contributed by atoms with Gasteiger partial charge in [0.1, 0.15) is 5.75 Å². The Bertz CT molecular complexity index is 673. The summed E-state index contributed by atoms with van der Waals surface area (Å²) in [5.74, 6) is 0.319. The van der Waals surface area contributed by atoms with Gasteiger partial charge in [0.2, 0.25) is 0 Å². The zero-order chi connectivity index (χ0) is 21.2. The van der Waals surface area contributed by atoms with Crippen LogP contribution in [0.15, 0.2) is 42.5 Å². The molecule has 0 saturated heterocycles. The van der Waals surface area contributed by atoms with Crippen LogP contribution < -0.4 is 0 Å². The van der Waals surface area contributed by atoms with Gasteiger partial charge in [-0.25, -0.2) is 0 Å². The molecule has 0 amide bonds. The van der Waals surface area contributed by atoms with Crippen LogP contribution in [0.3, 0.4) is 0 Å². The van der Waals surface area contributed by atoms with E-state index in [1.807, 2.05) is 12.1 Å². The summed E-state index contributed by atoms with van der Waals surface area (Å²) in [5.41, 5.74) is 1.62. The Morgan fingerprint density at radius 3 is 2.83 bits per heavy atom. The lowest BCUT2D eigenvalue weighted by Gasteiger charge is -2.19. The monoisotopic (exact) mass is 422 g/mol. The minimum atomic E-state index is -0.669. The molecule has 1 aromatic carbocycles. The number of hydrogen-bond acceptors (Lipinski definition) is 4. The fraction of sp³-hybridized carbons (Fsp3) is 0.583. The molecule has 0 spiro atoms. The molecule has 3 N–H and O–H groups in total. The smallest absolute Gasteiger partial charge is 0.121 e. The quantitative estimate of drug-likeness (QED) is 0.273. The lowest BCUT2D eigenvalue weighted by atomic mass is 9.90. The molecular formula is C24H35ClO4. The molecule has 2 rings (SSSR count). The van der Waals surface area contributed by atoms with Crippen LogP contribution in [-0.4, -0.2) is 40.0 Å². The zero-order valence-corrected chi connectivity index (χ0v) is 18.3. The highest BCUT2D eigenvalue weighted by atomic mass is 35.5. The van der Waals surface area contributed by atoms with Gasteiger partial charge >= 0.3 is 0 Å². The van der Waals surface area contributed by atoms with E-state index in [0.717, 1.165) is 18.4 Å². The molecule has 1 fully saturated rings. The van der Waals surface area contributed by atoms with E-state index in [4.69, 9.17) is 16.3 Å². The second-order valence-corrected chi connectivity index (χ2v) is 8.52. The number of aliphatic hydroxyl groups is 2. The van der Waals surface area contributed by atoms with Gasteiger partial charge in [0, 0.05) is 30.4 Å². The summed E-state index contributed by atoms with van der Waals surface area (Å²) in [7, 11) is 1.58. The van der Waals surface area contributed by atoms with Crippen LogP contribution in [0, 0.1) is 11.8 Å². The Balaban J connectivity index is 1.96. The number of phenols is 1. The van der Waals surface area contributed by atoms with Crippen LogP contribution in [0.2, 0.25) is 0 Å². The fourth-order valence-corrected chi connectivity index (χ4v) is 4.41. The number of methoxy groups -OCH3 is 1. The number of halogens is 1.